The van der Waals surface area contributed by atoms with E-state index in [0.29, 0.717) is 30.2 Å². The van der Waals surface area contributed by atoms with Crippen LogP contribution >= 0.6 is 0 Å². The van der Waals surface area contributed by atoms with Crippen LogP contribution in [0.1, 0.15) is 41.7 Å². The van der Waals surface area contributed by atoms with Gasteiger partial charge in [0, 0.05) is 36.5 Å². The summed E-state index contributed by atoms with van der Waals surface area (Å²) < 4.78 is 1.98. The van der Waals surface area contributed by atoms with Gasteiger partial charge in [0.15, 0.2) is 5.65 Å². The summed E-state index contributed by atoms with van der Waals surface area (Å²) in [6.45, 7) is 4.79. The average Bonchev–Trinajstić information content (AvgIpc) is 3.09. The maximum Gasteiger partial charge on any atom is 0.254 e. The molecule has 1 N–H and O–H groups in total. The second-order valence-corrected chi connectivity index (χ2v) is 7.06. The Balaban J connectivity index is 1.53. The van der Waals surface area contributed by atoms with Gasteiger partial charge in [0.2, 0.25) is 5.91 Å². The number of nitrogens with zero attached hydrogens (tertiary/aromatic N) is 5. The maximum atomic E-state index is 12.8. The zero-order chi connectivity index (χ0) is 19.0. The van der Waals surface area contributed by atoms with Crippen LogP contribution in [0.4, 0.5) is 0 Å². The molecule has 1 atom stereocenters. The number of hydrogen-bond donors (Lipinski definition) is 1. The zero-order valence-electron chi connectivity index (χ0n) is 15.5. The molecule has 8 heteroatoms. The number of carbonyl (C=O) groups is 1. The lowest BCUT2D eigenvalue weighted by atomic mass is 9.96. The van der Waals surface area contributed by atoms with E-state index in [4.69, 9.17) is 0 Å². The van der Waals surface area contributed by atoms with Crippen LogP contribution in [0, 0.1) is 13.8 Å². The number of aromatic amines is 1. The number of amides is 1. The minimum absolute atomic E-state index is 0.0484. The third-order valence-corrected chi connectivity index (χ3v) is 5.15. The Morgan fingerprint density at radius 3 is 2.96 bits per heavy atom. The molecule has 140 valence electrons. The zero-order valence-corrected chi connectivity index (χ0v) is 15.5. The first-order valence-electron chi connectivity index (χ1n) is 9.17. The Labute approximate surface area is 156 Å². The summed E-state index contributed by atoms with van der Waals surface area (Å²) in [4.78, 5) is 33.8. The maximum absolute atomic E-state index is 12.8. The van der Waals surface area contributed by atoms with E-state index < -0.39 is 0 Å². The predicted octanol–water partition coefficient (Wildman–Crippen LogP) is 1.38. The smallest absolute Gasteiger partial charge is 0.254 e. The highest BCUT2D eigenvalue weighted by molar-refractivity contribution is 5.79. The van der Waals surface area contributed by atoms with Crippen LogP contribution in [-0.2, 0) is 11.2 Å². The van der Waals surface area contributed by atoms with Crippen molar-refractivity contribution in [2.45, 2.75) is 39.0 Å². The van der Waals surface area contributed by atoms with Gasteiger partial charge >= 0.3 is 0 Å². The Hall–Kier alpha value is -3.03. The topological polar surface area (TPSA) is 96.2 Å². The number of rotatable bonds is 3. The van der Waals surface area contributed by atoms with Crippen LogP contribution in [0.5, 0.6) is 0 Å². The molecule has 0 saturated carbocycles. The highest BCUT2D eigenvalue weighted by Gasteiger charge is 2.28. The van der Waals surface area contributed by atoms with Crippen molar-refractivity contribution in [2.24, 2.45) is 0 Å². The quantitative estimate of drug-likeness (QED) is 0.755. The summed E-state index contributed by atoms with van der Waals surface area (Å²) >= 11 is 0. The fraction of sp³-hybridized carbons (Fsp3) is 0.421. The predicted molar refractivity (Wildman–Crippen MR) is 99.6 cm³/mol. The van der Waals surface area contributed by atoms with Gasteiger partial charge in [0.25, 0.3) is 5.56 Å². The number of aromatic nitrogens is 5. The van der Waals surface area contributed by atoms with Crippen molar-refractivity contribution in [1.29, 1.82) is 0 Å². The SMILES string of the molecule is Cc1nc(C)c(CC(=O)N2CCCC(c3nnc4ccccn34)C2)c(=O)[nH]1. The first-order valence-corrected chi connectivity index (χ1v) is 9.17. The Bertz CT molecular complexity index is 1050. The van der Waals surface area contributed by atoms with Gasteiger partial charge in [-0.15, -0.1) is 10.2 Å². The summed E-state index contributed by atoms with van der Waals surface area (Å²) in [5.74, 6) is 1.53. The lowest BCUT2D eigenvalue weighted by molar-refractivity contribution is -0.131. The molecule has 0 bridgehead atoms. The third-order valence-electron chi connectivity index (χ3n) is 5.15. The lowest BCUT2D eigenvalue weighted by Gasteiger charge is -2.32. The standard InChI is InChI=1S/C19H22N6O2/c1-12-15(19(27)21-13(2)20-12)10-17(26)24-8-5-6-14(11-24)18-23-22-16-7-3-4-9-25(16)18/h3-4,7,9,14H,5-6,8,10-11H2,1-2H3,(H,20,21,27). The van der Waals surface area contributed by atoms with Crippen molar-refractivity contribution < 1.29 is 4.79 Å². The molecular weight excluding hydrogens is 344 g/mol. The van der Waals surface area contributed by atoms with Crippen LogP contribution in [0.2, 0.25) is 0 Å². The molecule has 3 aromatic rings. The van der Waals surface area contributed by atoms with Gasteiger partial charge in [-0.25, -0.2) is 4.98 Å². The number of H-pyrrole nitrogens is 1. The lowest BCUT2D eigenvalue weighted by Crippen LogP contribution is -2.41. The van der Waals surface area contributed by atoms with E-state index in [1.165, 1.54) is 0 Å². The van der Waals surface area contributed by atoms with E-state index in [-0.39, 0.29) is 23.8 Å². The molecule has 0 spiro atoms. The van der Waals surface area contributed by atoms with Gasteiger partial charge < -0.3 is 9.88 Å². The third kappa shape index (κ3) is 3.34. The summed E-state index contributed by atoms with van der Waals surface area (Å²) in [6, 6.07) is 5.80. The number of likely N-dealkylation sites (tertiary alicyclic amines) is 1. The first kappa shape index (κ1) is 17.4. The molecule has 1 unspecified atom stereocenters. The molecule has 8 nitrogen and oxygen atoms in total. The molecule has 1 aliphatic rings. The molecule has 4 rings (SSSR count). The number of fused-ring (bicyclic) bond motifs is 1. The van der Waals surface area contributed by atoms with E-state index in [9.17, 15) is 9.59 Å². The molecule has 1 saturated heterocycles. The number of piperidine rings is 1. The number of hydrogen-bond acceptors (Lipinski definition) is 5. The summed E-state index contributed by atoms with van der Waals surface area (Å²) in [6.07, 6.45) is 3.89. The average molecular weight is 366 g/mol. The molecular formula is C19H22N6O2. The Kier molecular flexibility index (Phi) is 4.47. The highest BCUT2D eigenvalue weighted by atomic mass is 16.2. The molecule has 3 aromatic heterocycles. The summed E-state index contributed by atoms with van der Waals surface area (Å²) in [5.41, 5.74) is 1.64. The molecule has 0 aromatic carbocycles. The minimum atomic E-state index is -0.231. The number of carbonyl (C=O) groups excluding carboxylic acids is 1. The molecule has 1 amide bonds. The van der Waals surface area contributed by atoms with E-state index in [2.05, 4.69) is 20.2 Å². The second-order valence-electron chi connectivity index (χ2n) is 7.06. The van der Waals surface area contributed by atoms with Crippen LogP contribution in [0.25, 0.3) is 5.65 Å². The first-order chi connectivity index (χ1) is 13.0. The van der Waals surface area contributed by atoms with E-state index >= 15 is 0 Å². The monoisotopic (exact) mass is 366 g/mol. The van der Waals surface area contributed by atoms with Gasteiger partial charge in [-0.05, 0) is 38.8 Å². The van der Waals surface area contributed by atoms with E-state index in [0.717, 1.165) is 24.3 Å². The van der Waals surface area contributed by atoms with Crippen LogP contribution in [-0.4, -0.2) is 48.5 Å². The molecule has 1 fully saturated rings. The van der Waals surface area contributed by atoms with Crippen molar-refractivity contribution in [3.05, 3.63) is 57.7 Å². The number of nitrogens with one attached hydrogen (secondary N) is 1. The highest BCUT2D eigenvalue weighted by Crippen LogP contribution is 2.26. The summed E-state index contributed by atoms with van der Waals surface area (Å²) in [7, 11) is 0. The van der Waals surface area contributed by atoms with Crippen LogP contribution in [0.15, 0.2) is 29.2 Å². The largest absolute Gasteiger partial charge is 0.342 e. The number of aryl methyl sites for hydroxylation is 2. The van der Waals surface area contributed by atoms with Crippen molar-refractivity contribution >= 4 is 11.6 Å². The molecule has 4 heterocycles. The van der Waals surface area contributed by atoms with Gasteiger partial charge in [0.1, 0.15) is 11.6 Å². The van der Waals surface area contributed by atoms with Crippen LogP contribution < -0.4 is 5.56 Å². The van der Waals surface area contributed by atoms with Crippen molar-refractivity contribution in [2.75, 3.05) is 13.1 Å². The number of pyridine rings is 1. The molecule has 1 aliphatic heterocycles. The van der Waals surface area contributed by atoms with Crippen LogP contribution in [0.3, 0.4) is 0 Å². The molecule has 0 radical (unpaired) electrons. The normalized spacial score (nSPS) is 17.4. The Morgan fingerprint density at radius 2 is 2.15 bits per heavy atom. The fourth-order valence-electron chi connectivity index (χ4n) is 3.77. The van der Waals surface area contributed by atoms with E-state index in [1.807, 2.05) is 33.7 Å². The molecule has 0 aliphatic carbocycles. The van der Waals surface area contributed by atoms with Gasteiger partial charge in [-0.1, -0.05) is 6.07 Å². The molecule has 27 heavy (non-hydrogen) atoms. The Morgan fingerprint density at radius 1 is 1.30 bits per heavy atom. The van der Waals surface area contributed by atoms with Crippen molar-refractivity contribution in [3.63, 3.8) is 0 Å². The van der Waals surface area contributed by atoms with Gasteiger partial charge in [-0.2, -0.15) is 0 Å². The van der Waals surface area contributed by atoms with Gasteiger partial charge in [0.05, 0.1) is 6.42 Å². The van der Waals surface area contributed by atoms with Crippen molar-refractivity contribution in [3.8, 4) is 0 Å². The second kappa shape index (κ2) is 6.94. The minimum Gasteiger partial charge on any atom is -0.342 e. The van der Waals surface area contributed by atoms with Gasteiger partial charge in [-0.3, -0.25) is 14.0 Å². The van der Waals surface area contributed by atoms with E-state index in [1.54, 1.807) is 13.8 Å². The fourth-order valence-corrected chi connectivity index (χ4v) is 3.77. The van der Waals surface area contributed by atoms with Crippen molar-refractivity contribution in [1.82, 2.24) is 29.5 Å². The summed E-state index contributed by atoms with van der Waals surface area (Å²) in [5, 5.41) is 8.56.